The largest absolute Gasteiger partial charge is 0.463 e. The molecule has 0 aliphatic carbocycles. The molecule has 20 heavy (non-hydrogen) atoms. The lowest BCUT2D eigenvalue weighted by molar-refractivity contribution is 0.0562. The molecule has 1 unspecified atom stereocenters. The summed E-state index contributed by atoms with van der Waals surface area (Å²) in [6.07, 6.45) is 0. The van der Waals surface area contributed by atoms with Crippen LogP contribution in [-0.2, 0) is 4.74 Å². The summed E-state index contributed by atoms with van der Waals surface area (Å²) >= 11 is 6.34. The molecule has 2 rings (SSSR count). The zero-order valence-corrected chi connectivity index (χ0v) is 12.3. The number of hydrogen-bond acceptors (Lipinski definition) is 4. The summed E-state index contributed by atoms with van der Waals surface area (Å²) in [4.78, 5) is 11.4. The number of nitrogens with one attached hydrogen (secondary N) is 1. The van der Waals surface area contributed by atoms with Gasteiger partial charge >= 0.3 is 5.97 Å². The predicted octanol–water partition coefficient (Wildman–Crippen LogP) is 3.34. The van der Waals surface area contributed by atoms with Crippen molar-refractivity contribution in [2.45, 2.75) is 13.0 Å². The van der Waals surface area contributed by atoms with Gasteiger partial charge in [0.25, 0.3) is 0 Å². The summed E-state index contributed by atoms with van der Waals surface area (Å²) in [6.45, 7) is 1.95. The average molecular weight is 294 g/mol. The van der Waals surface area contributed by atoms with E-state index in [1.165, 1.54) is 7.11 Å². The molecule has 0 saturated heterocycles. The molecule has 0 amide bonds. The Balaban J connectivity index is 2.40. The highest BCUT2D eigenvalue weighted by atomic mass is 35.5. The fourth-order valence-corrected chi connectivity index (χ4v) is 2.30. The summed E-state index contributed by atoms with van der Waals surface area (Å²) in [6, 6.07) is 8.92. The minimum absolute atomic E-state index is 0.173. The lowest BCUT2D eigenvalue weighted by atomic mass is 10.0. The van der Waals surface area contributed by atoms with Gasteiger partial charge in [-0.1, -0.05) is 29.8 Å². The first-order valence-corrected chi connectivity index (χ1v) is 6.56. The van der Waals surface area contributed by atoms with Gasteiger partial charge in [0.1, 0.15) is 5.76 Å². The third-order valence-electron chi connectivity index (χ3n) is 3.12. The lowest BCUT2D eigenvalue weighted by Gasteiger charge is -2.16. The Bertz CT molecular complexity index is 621. The fourth-order valence-electron chi connectivity index (χ4n) is 2.06. The Morgan fingerprint density at radius 1 is 1.35 bits per heavy atom. The second-order valence-corrected chi connectivity index (χ2v) is 4.77. The van der Waals surface area contributed by atoms with Crippen LogP contribution in [0, 0.1) is 6.92 Å². The quantitative estimate of drug-likeness (QED) is 0.879. The maximum absolute atomic E-state index is 11.4. The van der Waals surface area contributed by atoms with Gasteiger partial charge in [0.2, 0.25) is 5.76 Å². The van der Waals surface area contributed by atoms with Gasteiger partial charge in [-0.2, -0.15) is 0 Å². The van der Waals surface area contributed by atoms with Crippen molar-refractivity contribution in [1.29, 1.82) is 0 Å². The summed E-state index contributed by atoms with van der Waals surface area (Å²) in [5, 5.41) is 3.83. The maximum atomic E-state index is 11.4. The minimum Gasteiger partial charge on any atom is -0.463 e. The van der Waals surface area contributed by atoms with Crippen LogP contribution in [-0.4, -0.2) is 20.1 Å². The number of benzene rings is 1. The van der Waals surface area contributed by atoms with Crippen molar-refractivity contribution in [2.75, 3.05) is 14.2 Å². The molecule has 0 bridgehead atoms. The number of rotatable bonds is 4. The molecular weight excluding hydrogens is 278 g/mol. The monoisotopic (exact) mass is 293 g/mol. The van der Waals surface area contributed by atoms with E-state index < -0.39 is 5.97 Å². The summed E-state index contributed by atoms with van der Waals surface area (Å²) < 4.78 is 10.2. The van der Waals surface area contributed by atoms with E-state index in [-0.39, 0.29) is 11.8 Å². The number of furan rings is 1. The number of ether oxygens (including phenoxy) is 1. The molecule has 0 radical (unpaired) electrons. The van der Waals surface area contributed by atoms with E-state index in [1.807, 2.05) is 32.2 Å². The Morgan fingerprint density at radius 3 is 2.75 bits per heavy atom. The van der Waals surface area contributed by atoms with Crippen molar-refractivity contribution in [3.8, 4) is 0 Å². The second-order valence-electron chi connectivity index (χ2n) is 4.39. The van der Waals surface area contributed by atoms with Gasteiger partial charge in [-0.05, 0) is 37.2 Å². The van der Waals surface area contributed by atoms with Gasteiger partial charge < -0.3 is 14.5 Å². The number of methoxy groups -OCH3 is 1. The molecule has 1 N–H and O–H groups in total. The molecule has 0 saturated carbocycles. The highest BCUT2D eigenvalue weighted by molar-refractivity contribution is 6.32. The number of carbonyl (C=O) groups is 1. The molecule has 1 heterocycles. The topological polar surface area (TPSA) is 51.5 Å². The van der Waals surface area contributed by atoms with Gasteiger partial charge in [0.05, 0.1) is 13.2 Å². The summed E-state index contributed by atoms with van der Waals surface area (Å²) in [7, 11) is 3.13. The first-order chi connectivity index (χ1) is 9.58. The number of halogens is 1. The van der Waals surface area contributed by atoms with Crippen LogP contribution < -0.4 is 5.32 Å². The fraction of sp³-hybridized carbons (Fsp3) is 0.267. The van der Waals surface area contributed by atoms with Crippen molar-refractivity contribution in [2.24, 2.45) is 0 Å². The average Bonchev–Trinajstić information content (AvgIpc) is 2.93. The van der Waals surface area contributed by atoms with Crippen LogP contribution in [0.1, 0.15) is 33.5 Å². The molecule has 0 aliphatic heterocycles. The summed E-state index contributed by atoms with van der Waals surface area (Å²) in [5.41, 5.74) is 1.89. The Kier molecular flexibility index (Phi) is 4.47. The molecule has 5 heteroatoms. The van der Waals surface area contributed by atoms with Crippen LogP contribution in [0.3, 0.4) is 0 Å². The van der Waals surface area contributed by atoms with Crippen molar-refractivity contribution < 1.29 is 13.9 Å². The molecule has 1 atom stereocenters. The van der Waals surface area contributed by atoms with Gasteiger partial charge in [-0.3, -0.25) is 0 Å². The van der Waals surface area contributed by atoms with Crippen LogP contribution in [0.15, 0.2) is 34.7 Å². The molecule has 0 fully saturated rings. The Labute approximate surface area is 122 Å². The van der Waals surface area contributed by atoms with E-state index in [1.54, 1.807) is 12.1 Å². The van der Waals surface area contributed by atoms with Crippen molar-refractivity contribution in [3.05, 3.63) is 58.0 Å². The smallest absolute Gasteiger partial charge is 0.373 e. The van der Waals surface area contributed by atoms with Crippen LogP contribution in [0.5, 0.6) is 0 Å². The SMILES string of the molecule is CNC(c1ccc(C(=O)OC)o1)c1cccc(C)c1Cl. The summed E-state index contributed by atoms with van der Waals surface area (Å²) in [5.74, 6) is 0.286. The molecule has 0 spiro atoms. The number of esters is 1. The normalized spacial score (nSPS) is 12.2. The van der Waals surface area contributed by atoms with Crippen molar-refractivity contribution in [1.82, 2.24) is 5.32 Å². The van der Waals surface area contributed by atoms with Crippen LogP contribution in [0.25, 0.3) is 0 Å². The Hall–Kier alpha value is -1.78. The first kappa shape index (κ1) is 14.6. The highest BCUT2D eigenvalue weighted by Crippen LogP contribution is 2.31. The van der Waals surface area contributed by atoms with E-state index in [4.69, 9.17) is 16.0 Å². The lowest BCUT2D eigenvalue weighted by Crippen LogP contribution is -2.17. The molecule has 2 aromatic rings. The van der Waals surface area contributed by atoms with Crippen molar-refractivity contribution >= 4 is 17.6 Å². The minimum atomic E-state index is -0.499. The van der Waals surface area contributed by atoms with Crippen LogP contribution >= 0.6 is 11.6 Å². The third-order valence-corrected chi connectivity index (χ3v) is 3.64. The predicted molar refractivity (Wildman–Crippen MR) is 77.1 cm³/mol. The van der Waals surface area contributed by atoms with E-state index in [0.717, 1.165) is 11.1 Å². The van der Waals surface area contributed by atoms with Gasteiger partial charge in [0, 0.05) is 5.02 Å². The molecular formula is C15H16ClNO3. The third kappa shape index (κ3) is 2.71. The van der Waals surface area contributed by atoms with Gasteiger partial charge in [0.15, 0.2) is 0 Å². The molecule has 4 nitrogen and oxygen atoms in total. The van der Waals surface area contributed by atoms with Crippen LogP contribution in [0.2, 0.25) is 5.02 Å². The molecule has 1 aromatic carbocycles. The maximum Gasteiger partial charge on any atom is 0.373 e. The van der Waals surface area contributed by atoms with Crippen LogP contribution in [0.4, 0.5) is 0 Å². The van der Waals surface area contributed by atoms with Gasteiger partial charge in [-0.15, -0.1) is 0 Å². The highest BCUT2D eigenvalue weighted by Gasteiger charge is 2.21. The van der Waals surface area contributed by atoms with E-state index in [0.29, 0.717) is 10.8 Å². The zero-order valence-electron chi connectivity index (χ0n) is 11.6. The zero-order chi connectivity index (χ0) is 14.7. The molecule has 1 aromatic heterocycles. The Morgan fingerprint density at radius 2 is 2.10 bits per heavy atom. The standard InChI is InChI=1S/C15H16ClNO3/c1-9-5-4-6-10(13(9)16)14(17-2)11-7-8-12(20-11)15(18)19-3/h4-8,14,17H,1-3H3. The number of aryl methyl sites for hydroxylation is 1. The van der Waals surface area contributed by atoms with E-state index in [2.05, 4.69) is 10.1 Å². The molecule has 106 valence electrons. The van der Waals surface area contributed by atoms with E-state index >= 15 is 0 Å². The first-order valence-electron chi connectivity index (χ1n) is 6.18. The second kappa shape index (κ2) is 6.11. The van der Waals surface area contributed by atoms with E-state index in [9.17, 15) is 4.79 Å². The van der Waals surface area contributed by atoms with Crippen molar-refractivity contribution in [3.63, 3.8) is 0 Å². The number of carbonyl (C=O) groups excluding carboxylic acids is 1. The number of hydrogen-bond donors (Lipinski definition) is 1. The van der Waals surface area contributed by atoms with Gasteiger partial charge in [-0.25, -0.2) is 4.79 Å². The molecule has 0 aliphatic rings.